The number of hydrogen-bond acceptors (Lipinski definition) is 3. The molecule has 0 aliphatic heterocycles. The predicted octanol–water partition coefficient (Wildman–Crippen LogP) is 6.70. The van der Waals surface area contributed by atoms with Gasteiger partial charge in [0, 0.05) is 28.0 Å². The minimum Gasteiger partial charge on any atom is -0.508 e. The van der Waals surface area contributed by atoms with Crippen LogP contribution in [0.25, 0.3) is 0 Å². The quantitative estimate of drug-likeness (QED) is 0.302. The Labute approximate surface area is 189 Å². The van der Waals surface area contributed by atoms with Crippen LogP contribution in [0.1, 0.15) is 54.0 Å². The van der Waals surface area contributed by atoms with Gasteiger partial charge in [0.1, 0.15) is 17.2 Å². The van der Waals surface area contributed by atoms with Gasteiger partial charge in [0.05, 0.1) is 0 Å². The summed E-state index contributed by atoms with van der Waals surface area (Å²) in [7, 11) is 0. The van der Waals surface area contributed by atoms with Crippen molar-refractivity contribution in [1.82, 2.24) is 0 Å². The van der Waals surface area contributed by atoms with E-state index in [2.05, 4.69) is 19.1 Å². The summed E-state index contributed by atoms with van der Waals surface area (Å²) in [5.74, 6) is 0.553. The zero-order chi connectivity index (χ0) is 22.7. The smallest absolute Gasteiger partial charge is 0.120 e. The van der Waals surface area contributed by atoms with Crippen LogP contribution in [0.15, 0.2) is 97.1 Å². The van der Waals surface area contributed by atoms with Crippen LogP contribution in [0.4, 0.5) is 0 Å². The molecule has 162 valence electrons. The van der Waals surface area contributed by atoms with Gasteiger partial charge in [-0.05, 0) is 42.7 Å². The Morgan fingerprint density at radius 1 is 0.562 bits per heavy atom. The fourth-order valence-corrected chi connectivity index (χ4v) is 4.87. The SMILES string of the molecule is CCC(c1ccccc1O)c1ccccc1C(C)(c1ccccc1O)c1ccccc1O. The van der Waals surface area contributed by atoms with Crippen LogP contribution in [0.5, 0.6) is 17.2 Å². The molecule has 0 aromatic heterocycles. The molecule has 1 unspecified atom stereocenters. The Kier molecular flexibility index (Phi) is 5.91. The Morgan fingerprint density at radius 2 is 0.969 bits per heavy atom. The second-order valence-electron chi connectivity index (χ2n) is 8.27. The maximum absolute atomic E-state index is 10.9. The average molecular weight is 425 g/mol. The lowest BCUT2D eigenvalue weighted by molar-refractivity contribution is 0.440. The maximum atomic E-state index is 10.9. The highest BCUT2D eigenvalue weighted by Gasteiger charge is 2.38. The molecule has 0 aliphatic carbocycles. The monoisotopic (exact) mass is 424 g/mol. The molecule has 0 saturated carbocycles. The summed E-state index contributed by atoms with van der Waals surface area (Å²) >= 11 is 0. The molecule has 0 radical (unpaired) electrons. The molecule has 0 amide bonds. The van der Waals surface area contributed by atoms with Gasteiger partial charge in [-0.3, -0.25) is 0 Å². The minimum absolute atomic E-state index is 0.0524. The zero-order valence-electron chi connectivity index (χ0n) is 18.4. The van der Waals surface area contributed by atoms with Crippen LogP contribution in [0, 0.1) is 0 Å². The van der Waals surface area contributed by atoms with E-state index < -0.39 is 5.41 Å². The van der Waals surface area contributed by atoms with Crippen molar-refractivity contribution in [3.05, 3.63) is 125 Å². The fraction of sp³-hybridized carbons (Fsp3) is 0.172. The van der Waals surface area contributed by atoms with Gasteiger partial charge in [0.15, 0.2) is 0 Å². The predicted molar refractivity (Wildman–Crippen MR) is 128 cm³/mol. The van der Waals surface area contributed by atoms with Crippen LogP contribution in [0.2, 0.25) is 0 Å². The molecular formula is C29H28O3. The van der Waals surface area contributed by atoms with E-state index in [-0.39, 0.29) is 23.2 Å². The van der Waals surface area contributed by atoms with Gasteiger partial charge in [0.25, 0.3) is 0 Å². The van der Waals surface area contributed by atoms with Gasteiger partial charge in [-0.1, -0.05) is 85.8 Å². The number of hydrogen-bond donors (Lipinski definition) is 3. The van der Waals surface area contributed by atoms with E-state index in [1.165, 1.54) is 0 Å². The lowest BCUT2D eigenvalue weighted by atomic mass is 9.67. The Balaban J connectivity index is 2.04. The largest absolute Gasteiger partial charge is 0.508 e. The van der Waals surface area contributed by atoms with Gasteiger partial charge >= 0.3 is 0 Å². The summed E-state index contributed by atoms with van der Waals surface area (Å²) in [6.45, 7) is 4.14. The first-order chi connectivity index (χ1) is 15.5. The topological polar surface area (TPSA) is 60.7 Å². The summed E-state index contributed by atoms with van der Waals surface area (Å²) < 4.78 is 0. The normalized spacial score (nSPS) is 12.4. The first-order valence-corrected chi connectivity index (χ1v) is 10.9. The molecule has 1 atom stereocenters. The Bertz CT molecular complexity index is 1180. The highest BCUT2D eigenvalue weighted by Crippen LogP contribution is 2.49. The molecule has 0 aliphatic rings. The van der Waals surface area contributed by atoms with Crippen LogP contribution >= 0.6 is 0 Å². The molecule has 0 fully saturated rings. The lowest BCUT2D eigenvalue weighted by Crippen LogP contribution is -2.28. The van der Waals surface area contributed by atoms with E-state index in [4.69, 9.17) is 0 Å². The molecule has 4 aromatic rings. The summed E-state index contributed by atoms with van der Waals surface area (Å²) in [6, 6.07) is 30.1. The highest BCUT2D eigenvalue weighted by molar-refractivity contribution is 5.60. The molecule has 0 spiro atoms. The third-order valence-electron chi connectivity index (χ3n) is 6.48. The Hall–Kier alpha value is -3.72. The molecule has 4 aromatic carbocycles. The standard InChI is InChI=1S/C29H28O3/c1-3-20(22-13-5-9-17-26(22)30)21-12-4-6-14-23(21)29(2,24-15-7-10-18-27(24)31)25-16-8-11-19-28(25)32/h4-20,30-32H,3H2,1-2H3. The van der Waals surface area contributed by atoms with Gasteiger partial charge in [-0.15, -0.1) is 0 Å². The van der Waals surface area contributed by atoms with Crippen molar-refractivity contribution in [3.63, 3.8) is 0 Å². The number of phenols is 3. The van der Waals surface area contributed by atoms with Crippen molar-refractivity contribution in [1.29, 1.82) is 0 Å². The lowest BCUT2D eigenvalue weighted by Gasteiger charge is -2.36. The molecule has 32 heavy (non-hydrogen) atoms. The van der Waals surface area contributed by atoms with E-state index in [0.717, 1.165) is 23.1 Å². The van der Waals surface area contributed by atoms with Gasteiger partial charge in [-0.2, -0.15) is 0 Å². The number of para-hydroxylation sites is 3. The molecule has 3 heteroatoms. The molecule has 3 nitrogen and oxygen atoms in total. The van der Waals surface area contributed by atoms with Crippen molar-refractivity contribution in [2.24, 2.45) is 0 Å². The minimum atomic E-state index is -0.828. The first-order valence-electron chi connectivity index (χ1n) is 10.9. The number of phenolic OH excluding ortho intramolecular Hbond substituents is 3. The van der Waals surface area contributed by atoms with Crippen molar-refractivity contribution in [2.45, 2.75) is 31.6 Å². The zero-order valence-corrected chi connectivity index (χ0v) is 18.4. The van der Waals surface area contributed by atoms with Crippen LogP contribution < -0.4 is 0 Å². The molecule has 0 saturated heterocycles. The summed E-state index contributed by atoms with van der Waals surface area (Å²) in [4.78, 5) is 0. The first kappa shape index (κ1) is 21.5. The van der Waals surface area contributed by atoms with Gasteiger partial charge in [-0.25, -0.2) is 0 Å². The summed E-state index contributed by atoms with van der Waals surface area (Å²) in [5.41, 5.74) is 3.47. The molecule has 3 N–H and O–H groups in total. The van der Waals surface area contributed by atoms with Crippen molar-refractivity contribution >= 4 is 0 Å². The molecule has 0 heterocycles. The van der Waals surface area contributed by atoms with Crippen molar-refractivity contribution in [2.75, 3.05) is 0 Å². The average Bonchev–Trinajstić information content (AvgIpc) is 2.81. The molecular weight excluding hydrogens is 396 g/mol. The number of aromatic hydroxyl groups is 3. The number of benzene rings is 4. The second-order valence-corrected chi connectivity index (χ2v) is 8.27. The van der Waals surface area contributed by atoms with E-state index in [1.54, 1.807) is 30.3 Å². The number of rotatable bonds is 6. The molecule has 4 rings (SSSR count). The third-order valence-corrected chi connectivity index (χ3v) is 6.48. The summed E-state index contributed by atoms with van der Waals surface area (Å²) in [6.07, 6.45) is 0.784. The van der Waals surface area contributed by atoms with E-state index in [9.17, 15) is 15.3 Å². The Morgan fingerprint density at radius 3 is 1.44 bits per heavy atom. The fourth-order valence-electron chi connectivity index (χ4n) is 4.87. The summed E-state index contributed by atoms with van der Waals surface area (Å²) in [5, 5.41) is 32.4. The van der Waals surface area contributed by atoms with Crippen LogP contribution in [-0.4, -0.2) is 15.3 Å². The van der Waals surface area contributed by atoms with Crippen molar-refractivity contribution in [3.8, 4) is 17.2 Å². The van der Waals surface area contributed by atoms with Gasteiger partial charge in [0.2, 0.25) is 0 Å². The molecule has 0 bridgehead atoms. The maximum Gasteiger partial charge on any atom is 0.120 e. The van der Waals surface area contributed by atoms with E-state index in [0.29, 0.717) is 11.1 Å². The van der Waals surface area contributed by atoms with Crippen molar-refractivity contribution < 1.29 is 15.3 Å². The highest BCUT2D eigenvalue weighted by atomic mass is 16.3. The second kappa shape index (κ2) is 8.80. The third kappa shape index (κ3) is 3.60. The van der Waals surface area contributed by atoms with Crippen LogP contribution in [0.3, 0.4) is 0 Å². The van der Waals surface area contributed by atoms with Crippen LogP contribution in [-0.2, 0) is 5.41 Å². The van der Waals surface area contributed by atoms with E-state index in [1.807, 2.05) is 61.5 Å². The van der Waals surface area contributed by atoms with Gasteiger partial charge < -0.3 is 15.3 Å². The van der Waals surface area contributed by atoms with E-state index >= 15 is 0 Å².